The predicted octanol–water partition coefficient (Wildman–Crippen LogP) is 2.51. The molecule has 1 aromatic carbocycles. The second-order valence-electron chi connectivity index (χ2n) is 5.14. The van der Waals surface area contributed by atoms with Crippen LogP contribution in [0, 0.1) is 12.7 Å². The Morgan fingerprint density at radius 1 is 1.47 bits per heavy atom. The Morgan fingerprint density at radius 3 is 2.74 bits per heavy atom. The maximum atomic E-state index is 13.9. The zero-order valence-electron chi connectivity index (χ0n) is 11.2. The molecule has 1 fully saturated rings. The van der Waals surface area contributed by atoms with E-state index >= 15 is 0 Å². The summed E-state index contributed by atoms with van der Waals surface area (Å²) in [6, 6.07) is 4.90. The van der Waals surface area contributed by atoms with Gasteiger partial charge in [0.15, 0.2) is 0 Å². The van der Waals surface area contributed by atoms with Crippen molar-refractivity contribution in [3.05, 3.63) is 35.1 Å². The lowest BCUT2D eigenvalue weighted by molar-refractivity contribution is 0.0558. The van der Waals surface area contributed by atoms with Crippen LogP contribution in [0.25, 0.3) is 0 Å². The number of hydrogen-bond donors (Lipinski definition) is 1. The first-order valence-electron chi connectivity index (χ1n) is 6.81. The molecule has 1 aliphatic rings. The highest BCUT2D eigenvalue weighted by Crippen LogP contribution is 2.27. The van der Waals surface area contributed by atoms with E-state index in [9.17, 15) is 9.18 Å². The largest absolute Gasteiger partial charge is 0.396 e. The van der Waals surface area contributed by atoms with Crippen LogP contribution in [0.15, 0.2) is 18.2 Å². The number of rotatable bonds is 5. The van der Waals surface area contributed by atoms with Crippen molar-refractivity contribution in [3.63, 3.8) is 0 Å². The molecular weight excluding hydrogens is 245 g/mol. The molecular formula is C15H20FNO2. The summed E-state index contributed by atoms with van der Waals surface area (Å²) < 4.78 is 13.9. The molecule has 1 aromatic rings. The van der Waals surface area contributed by atoms with Crippen molar-refractivity contribution < 1.29 is 14.3 Å². The fourth-order valence-electron chi connectivity index (χ4n) is 2.34. The van der Waals surface area contributed by atoms with Gasteiger partial charge in [0.05, 0.1) is 5.56 Å². The molecule has 0 saturated heterocycles. The van der Waals surface area contributed by atoms with E-state index in [0.29, 0.717) is 13.0 Å². The Labute approximate surface area is 113 Å². The van der Waals surface area contributed by atoms with Crippen LogP contribution in [0.1, 0.15) is 41.6 Å². The molecule has 0 unspecified atom stereocenters. The molecule has 1 N–H and O–H groups in total. The molecule has 3 nitrogen and oxygen atoms in total. The van der Waals surface area contributed by atoms with Gasteiger partial charge < -0.3 is 10.0 Å². The van der Waals surface area contributed by atoms with Crippen LogP contribution in [-0.4, -0.2) is 35.1 Å². The van der Waals surface area contributed by atoms with Crippen molar-refractivity contribution in [2.75, 3.05) is 13.2 Å². The first kappa shape index (κ1) is 14.0. The Balaban J connectivity index is 2.17. The summed E-state index contributed by atoms with van der Waals surface area (Å²) in [5.41, 5.74) is 0.940. The summed E-state index contributed by atoms with van der Waals surface area (Å²) >= 11 is 0. The van der Waals surface area contributed by atoms with Gasteiger partial charge in [-0.15, -0.1) is 0 Å². The highest BCUT2D eigenvalue weighted by atomic mass is 19.1. The first-order chi connectivity index (χ1) is 9.13. The molecule has 1 amide bonds. The number of amides is 1. The number of halogens is 1. The third-order valence-corrected chi connectivity index (χ3v) is 3.69. The Hall–Kier alpha value is -1.42. The number of carbonyl (C=O) groups is 1. The zero-order chi connectivity index (χ0) is 13.8. The summed E-state index contributed by atoms with van der Waals surface area (Å²) in [4.78, 5) is 14.1. The van der Waals surface area contributed by atoms with Gasteiger partial charge in [-0.2, -0.15) is 0 Å². The number of carbonyl (C=O) groups excluding carboxylic acids is 1. The Bertz CT molecular complexity index is 457. The number of benzene rings is 1. The number of aliphatic hydroxyl groups is 1. The van der Waals surface area contributed by atoms with Gasteiger partial charge in [0.2, 0.25) is 0 Å². The van der Waals surface area contributed by atoms with Crippen LogP contribution in [0.3, 0.4) is 0 Å². The minimum atomic E-state index is -0.460. The molecule has 104 valence electrons. The maximum absolute atomic E-state index is 13.9. The Kier molecular flexibility index (Phi) is 4.53. The van der Waals surface area contributed by atoms with E-state index in [1.165, 1.54) is 6.07 Å². The van der Waals surface area contributed by atoms with Gasteiger partial charge in [-0.25, -0.2) is 4.39 Å². The van der Waals surface area contributed by atoms with Gasteiger partial charge in [-0.05, 0) is 50.3 Å². The lowest BCUT2D eigenvalue weighted by Gasteiger charge is -2.37. The van der Waals surface area contributed by atoms with Gasteiger partial charge in [0.1, 0.15) is 5.82 Å². The zero-order valence-corrected chi connectivity index (χ0v) is 11.2. The molecule has 0 bridgehead atoms. The van der Waals surface area contributed by atoms with E-state index in [0.717, 1.165) is 24.8 Å². The summed E-state index contributed by atoms with van der Waals surface area (Å²) in [6.07, 6.45) is 3.61. The lowest BCUT2D eigenvalue weighted by Crippen LogP contribution is -2.45. The molecule has 0 spiro atoms. The van der Waals surface area contributed by atoms with Crippen molar-refractivity contribution in [3.8, 4) is 0 Å². The lowest BCUT2D eigenvalue weighted by atomic mass is 9.90. The third-order valence-electron chi connectivity index (χ3n) is 3.69. The van der Waals surface area contributed by atoms with Gasteiger partial charge in [-0.1, -0.05) is 6.07 Å². The quantitative estimate of drug-likeness (QED) is 0.888. The van der Waals surface area contributed by atoms with Crippen LogP contribution < -0.4 is 0 Å². The highest BCUT2D eigenvalue weighted by Gasteiger charge is 2.30. The van der Waals surface area contributed by atoms with Crippen LogP contribution >= 0.6 is 0 Å². The molecule has 2 rings (SSSR count). The standard InChI is InChI=1S/C15H20FNO2/c1-11-6-7-13(14(16)10-11)15(19)17(8-3-9-18)12-4-2-5-12/h6-7,10,12,18H,2-5,8-9H2,1H3. The summed E-state index contributed by atoms with van der Waals surface area (Å²) in [7, 11) is 0. The number of aliphatic hydroxyl groups excluding tert-OH is 1. The van der Waals surface area contributed by atoms with Gasteiger partial charge >= 0.3 is 0 Å². The fraction of sp³-hybridized carbons (Fsp3) is 0.533. The fourth-order valence-corrected chi connectivity index (χ4v) is 2.34. The van der Waals surface area contributed by atoms with E-state index in [1.54, 1.807) is 24.0 Å². The van der Waals surface area contributed by atoms with Crippen LogP contribution in [-0.2, 0) is 0 Å². The summed E-state index contributed by atoms with van der Waals surface area (Å²) in [6.45, 7) is 2.34. The molecule has 0 aliphatic heterocycles. The molecule has 1 saturated carbocycles. The van der Waals surface area contributed by atoms with Crippen molar-refractivity contribution in [1.82, 2.24) is 4.90 Å². The second kappa shape index (κ2) is 6.15. The second-order valence-corrected chi connectivity index (χ2v) is 5.14. The SMILES string of the molecule is Cc1ccc(C(=O)N(CCCO)C2CCC2)c(F)c1. The first-order valence-corrected chi connectivity index (χ1v) is 6.81. The maximum Gasteiger partial charge on any atom is 0.257 e. The number of nitrogens with zero attached hydrogens (tertiary/aromatic N) is 1. The summed E-state index contributed by atoms with van der Waals surface area (Å²) in [5.74, 6) is -0.714. The molecule has 0 heterocycles. The molecule has 19 heavy (non-hydrogen) atoms. The molecule has 4 heteroatoms. The van der Waals surface area contributed by atoms with E-state index < -0.39 is 5.82 Å². The normalized spacial score (nSPS) is 15.1. The van der Waals surface area contributed by atoms with Crippen LogP contribution in [0.2, 0.25) is 0 Å². The van der Waals surface area contributed by atoms with E-state index in [4.69, 9.17) is 5.11 Å². The Morgan fingerprint density at radius 2 is 2.21 bits per heavy atom. The molecule has 1 aliphatic carbocycles. The van der Waals surface area contributed by atoms with Crippen molar-refractivity contribution >= 4 is 5.91 Å². The van der Waals surface area contributed by atoms with Crippen molar-refractivity contribution in [2.24, 2.45) is 0 Å². The average molecular weight is 265 g/mol. The molecule has 0 atom stereocenters. The smallest absolute Gasteiger partial charge is 0.257 e. The van der Waals surface area contributed by atoms with Crippen molar-refractivity contribution in [1.29, 1.82) is 0 Å². The van der Waals surface area contributed by atoms with Gasteiger partial charge in [0, 0.05) is 19.2 Å². The van der Waals surface area contributed by atoms with Crippen LogP contribution in [0.4, 0.5) is 4.39 Å². The van der Waals surface area contributed by atoms with E-state index in [1.807, 2.05) is 0 Å². The topological polar surface area (TPSA) is 40.5 Å². The average Bonchev–Trinajstić information content (AvgIpc) is 2.31. The molecule has 0 aromatic heterocycles. The molecule has 0 radical (unpaired) electrons. The minimum absolute atomic E-state index is 0.0485. The minimum Gasteiger partial charge on any atom is -0.396 e. The van der Waals surface area contributed by atoms with Gasteiger partial charge in [0.25, 0.3) is 5.91 Å². The monoisotopic (exact) mass is 265 g/mol. The highest BCUT2D eigenvalue weighted by molar-refractivity contribution is 5.94. The van der Waals surface area contributed by atoms with Crippen molar-refractivity contribution in [2.45, 2.75) is 38.6 Å². The van der Waals surface area contributed by atoms with Crippen LogP contribution in [0.5, 0.6) is 0 Å². The number of hydrogen-bond acceptors (Lipinski definition) is 2. The van der Waals surface area contributed by atoms with E-state index in [-0.39, 0.29) is 24.1 Å². The predicted molar refractivity (Wildman–Crippen MR) is 71.5 cm³/mol. The number of aryl methyl sites for hydroxylation is 1. The third kappa shape index (κ3) is 3.13. The van der Waals surface area contributed by atoms with Gasteiger partial charge in [-0.3, -0.25) is 4.79 Å². The van der Waals surface area contributed by atoms with E-state index in [2.05, 4.69) is 0 Å². The summed E-state index contributed by atoms with van der Waals surface area (Å²) in [5, 5.41) is 8.92.